The fraction of sp³-hybridized carbons (Fsp3) is 0.529. The molecule has 2 atom stereocenters. The van der Waals surface area contributed by atoms with Crippen molar-refractivity contribution in [2.24, 2.45) is 17.8 Å². The molecule has 6 heteroatoms. The lowest BCUT2D eigenvalue weighted by molar-refractivity contribution is -0.122. The third kappa shape index (κ3) is 2.10. The summed E-state index contributed by atoms with van der Waals surface area (Å²) in [4.78, 5) is 11.9. The first-order valence-electron chi connectivity index (χ1n) is 8.21. The van der Waals surface area contributed by atoms with Gasteiger partial charge in [0.15, 0.2) is 0 Å². The van der Waals surface area contributed by atoms with Gasteiger partial charge in [-0.15, -0.1) is 0 Å². The molecule has 5 nitrogen and oxygen atoms in total. The minimum Gasteiger partial charge on any atom is -0.385 e. The third-order valence-electron chi connectivity index (χ3n) is 5.76. The summed E-state index contributed by atoms with van der Waals surface area (Å²) in [7, 11) is 0. The van der Waals surface area contributed by atoms with Gasteiger partial charge in [-0.3, -0.25) is 9.89 Å². The number of fused-ring (bicyclic) bond motifs is 2. The van der Waals surface area contributed by atoms with Crippen LogP contribution in [0.5, 0.6) is 0 Å². The van der Waals surface area contributed by atoms with Crippen molar-refractivity contribution in [3.63, 3.8) is 0 Å². The number of H-pyrrole nitrogens is 1. The van der Waals surface area contributed by atoms with Gasteiger partial charge in [0.25, 0.3) is 0 Å². The maximum absolute atomic E-state index is 11.9. The van der Waals surface area contributed by atoms with Gasteiger partial charge in [0.2, 0.25) is 5.91 Å². The van der Waals surface area contributed by atoms with Crippen molar-refractivity contribution in [2.75, 3.05) is 0 Å². The molecule has 2 unspecified atom stereocenters. The van der Waals surface area contributed by atoms with Gasteiger partial charge in [-0.1, -0.05) is 11.6 Å². The number of carbonyl (C=O) groups is 1. The Labute approximate surface area is 138 Å². The average Bonchev–Trinajstić information content (AvgIpc) is 3.36. The molecule has 1 aromatic heterocycles. The zero-order chi connectivity index (χ0) is 15.8. The van der Waals surface area contributed by atoms with E-state index in [0.717, 1.165) is 29.3 Å². The highest BCUT2D eigenvalue weighted by Crippen LogP contribution is 2.60. The average molecular weight is 332 g/mol. The van der Waals surface area contributed by atoms with Crippen LogP contribution in [0.25, 0.3) is 10.9 Å². The highest BCUT2D eigenvalue weighted by Gasteiger charge is 2.62. The fourth-order valence-corrected chi connectivity index (χ4v) is 4.55. The molecule has 1 amide bonds. The van der Waals surface area contributed by atoms with Crippen LogP contribution in [-0.4, -0.2) is 27.3 Å². The van der Waals surface area contributed by atoms with Crippen LogP contribution in [0.15, 0.2) is 18.3 Å². The number of benzene rings is 1. The van der Waals surface area contributed by atoms with Gasteiger partial charge in [-0.05, 0) is 55.2 Å². The molecule has 0 radical (unpaired) electrons. The summed E-state index contributed by atoms with van der Waals surface area (Å²) in [5.41, 5.74) is 0.830. The van der Waals surface area contributed by atoms with Gasteiger partial charge < -0.3 is 10.4 Å². The molecule has 3 N–H and O–H groups in total. The van der Waals surface area contributed by atoms with E-state index in [-0.39, 0.29) is 17.9 Å². The summed E-state index contributed by atoms with van der Waals surface area (Å²) in [5.74, 6) is 1.20. The Morgan fingerprint density at radius 2 is 2.09 bits per heavy atom. The quantitative estimate of drug-likeness (QED) is 0.807. The Balaban J connectivity index is 1.38. The van der Waals surface area contributed by atoms with Crippen molar-refractivity contribution in [1.29, 1.82) is 0 Å². The summed E-state index contributed by atoms with van der Waals surface area (Å²) in [5, 5.41) is 22.8. The summed E-state index contributed by atoms with van der Waals surface area (Å²) in [6.07, 6.45) is 5.15. The smallest absolute Gasteiger partial charge is 0.223 e. The van der Waals surface area contributed by atoms with Gasteiger partial charge in [-0.2, -0.15) is 5.10 Å². The number of rotatable bonds is 3. The second-order valence-electron chi connectivity index (χ2n) is 7.36. The van der Waals surface area contributed by atoms with Crippen LogP contribution in [0.4, 0.5) is 0 Å². The number of hydrogen-bond donors (Lipinski definition) is 3. The van der Waals surface area contributed by atoms with E-state index in [0.29, 0.717) is 29.7 Å². The molecule has 0 saturated heterocycles. The maximum atomic E-state index is 11.9. The van der Waals surface area contributed by atoms with Crippen molar-refractivity contribution in [2.45, 2.75) is 37.3 Å². The van der Waals surface area contributed by atoms with E-state index in [1.165, 1.54) is 0 Å². The Hall–Kier alpha value is -1.59. The van der Waals surface area contributed by atoms with E-state index in [9.17, 15) is 9.90 Å². The van der Waals surface area contributed by atoms with Crippen LogP contribution in [0.2, 0.25) is 5.02 Å². The monoisotopic (exact) mass is 331 g/mol. The van der Waals surface area contributed by atoms with Crippen molar-refractivity contribution in [3.05, 3.63) is 28.9 Å². The van der Waals surface area contributed by atoms with Crippen molar-refractivity contribution in [1.82, 2.24) is 15.5 Å². The lowest BCUT2D eigenvalue weighted by Gasteiger charge is -2.27. The van der Waals surface area contributed by atoms with Crippen LogP contribution in [-0.2, 0) is 10.4 Å². The predicted octanol–water partition coefficient (Wildman–Crippen LogP) is 2.34. The number of hydrogen-bond acceptors (Lipinski definition) is 3. The third-order valence-corrected chi connectivity index (χ3v) is 5.98. The van der Waals surface area contributed by atoms with Crippen molar-refractivity contribution < 1.29 is 9.90 Å². The zero-order valence-corrected chi connectivity index (χ0v) is 13.3. The number of aromatic amines is 1. The van der Waals surface area contributed by atoms with Gasteiger partial charge in [0.1, 0.15) is 0 Å². The predicted molar refractivity (Wildman–Crippen MR) is 85.9 cm³/mol. The molecule has 3 saturated carbocycles. The SMILES string of the molecule is O=C(NC1C2CC(O)(c3cc(Cl)cc4[nH]ncc34)CC21)C1CC1. The first kappa shape index (κ1) is 13.8. The Kier molecular flexibility index (Phi) is 2.69. The van der Waals surface area contributed by atoms with Gasteiger partial charge in [-0.25, -0.2) is 0 Å². The second-order valence-corrected chi connectivity index (χ2v) is 7.80. The second kappa shape index (κ2) is 4.48. The molecule has 3 fully saturated rings. The molecule has 0 aliphatic heterocycles. The Morgan fingerprint density at radius 3 is 2.78 bits per heavy atom. The van der Waals surface area contributed by atoms with Crippen LogP contribution in [0, 0.1) is 17.8 Å². The lowest BCUT2D eigenvalue weighted by Crippen LogP contribution is -2.34. The molecular formula is C17H18ClN3O2. The minimum absolute atomic E-state index is 0.202. The molecule has 1 heterocycles. The van der Waals surface area contributed by atoms with Gasteiger partial charge >= 0.3 is 0 Å². The molecule has 3 aliphatic rings. The summed E-state index contributed by atoms with van der Waals surface area (Å²) in [6, 6.07) is 3.93. The summed E-state index contributed by atoms with van der Waals surface area (Å²) in [6.45, 7) is 0. The lowest BCUT2D eigenvalue weighted by atomic mass is 9.86. The number of nitrogens with zero attached hydrogens (tertiary/aromatic N) is 1. The van der Waals surface area contributed by atoms with E-state index in [2.05, 4.69) is 15.5 Å². The van der Waals surface area contributed by atoms with Crippen LogP contribution < -0.4 is 5.32 Å². The highest BCUT2D eigenvalue weighted by molar-refractivity contribution is 6.31. The van der Waals surface area contributed by atoms with Gasteiger partial charge in [0, 0.05) is 22.4 Å². The van der Waals surface area contributed by atoms with E-state index < -0.39 is 5.60 Å². The van der Waals surface area contributed by atoms with E-state index in [1.54, 1.807) is 6.20 Å². The standard InChI is InChI=1S/C17H18ClN3O2/c18-9-3-13(12-7-19-21-14(12)4-9)17(23)5-10-11(6-17)15(10)20-16(22)8-1-2-8/h3-4,7-8,10-11,15,23H,1-2,5-6H2,(H,19,21)(H,20,22). The summed E-state index contributed by atoms with van der Waals surface area (Å²) < 4.78 is 0. The Bertz CT molecular complexity index is 801. The topological polar surface area (TPSA) is 78.0 Å². The van der Waals surface area contributed by atoms with Gasteiger partial charge in [0.05, 0.1) is 17.3 Å². The molecule has 3 aliphatic carbocycles. The molecule has 2 aromatic rings. The van der Waals surface area contributed by atoms with Crippen molar-refractivity contribution >= 4 is 28.4 Å². The molecule has 5 rings (SSSR count). The number of amides is 1. The maximum Gasteiger partial charge on any atom is 0.223 e. The van der Waals surface area contributed by atoms with Crippen molar-refractivity contribution in [3.8, 4) is 0 Å². The number of carbonyl (C=O) groups excluding carboxylic acids is 1. The normalized spacial score (nSPS) is 35.3. The molecule has 120 valence electrons. The van der Waals surface area contributed by atoms with E-state index in [4.69, 9.17) is 11.6 Å². The first-order chi connectivity index (χ1) is 11.0. The number of aliphatic hydroxyl groups is 1. The number of nitrogens with one attached hydrogen (secondary N) is 2. The van der Waals surface area contributed by atoms with E-state index in [1.807, 2.05) is 12.1 Å². The first-order valence-corrected chi connectivity index (χ1v) is 8.59. The van der Waals surface area contributed by atoms with Crippen LogP contribution >= 0.6 is 11.6 Å². The molecule has 1 aromatic carbocycles. The number of aromatic nitrogens is 2. The van der Waals surface area contributed by atoms with E-state index >= 15 is 0 Å². The van der Waals surface area contributed by atoms with Crippen LogP contribution in [0.1, 0.15) is 31.2 Å². The van der Waals surface area contributed by atoms with Crippen LogP contribution in [0.3, 0.4) is 0 Å². The minimum atomic E-state index is -0.872. The summed E-state index contributed by atoms with van der Waals surface area (Å²) >= 11 is 6.19. The largest absolute Gasteiger partial charge is 0.385 e. The molecular weight excluding hydrogens is 314 g/mol. The highest BCUT2D eigenvalue weighted by atomic mass is 35.5. The Morgan fingerprint density at radius 1 is 1.35 bits per heavy atom. The zero-order valence-electron chi connectivity index (χ0n) is 12.6. The fourth-order valence-electron chi connectivity index (χ4n) is 4.33. The molecule has 0 spiro atoms. The molecule has 23 heavy (non-hydrogen) atoms. The molecule has 0 bridgehead atoms. The number of halogens is 1.